The molecule has 0 amide bonds. The molecular weight excluding hydrogens is 199 g/mol. The maximum Gasteiger partial charge on any atom is 0 e. The fraction of sp³-hybridized carbons (Fsp3) is 0.500. The molecule has 0 aromatic rings. The van der Waals surface area contributed by atoms with Gasteiger partial charge < -0.3 is 12.2 Å². The molecule has 1 aliphatic rings. The van der Waals surface area contributed by atoms with Crippen molar-refractivity contribution >= 4 is 0 Å². The standard InChI is InChI=1S/C8H13N.Y/c1-2-4-8-5-3-6-9-7-8;/h3,5-6,8-9H,1-2,4,7H2;/q-2;. The van der Waals surface area contributed by atoms with Gasteiger partial charge in [0.2, 0.25) is 0 Å². The Hall–Kier alpha value is 0.514. The monoisotopic (exact) mass is 212 g/mol. The molecule has 0 aromatic carbocycles. The van der Waals surface area contributed by atoms with Crippen LogP contribution in [-0.4, -0.2) is 6.54 Å². The smallest absolute Gasteiger partial charge is 0 e. The number of hydrogen-bond acceptors (Lipinski definition) is 1. The van der Waals surface area contributed by atoms with Gasteiger partial charge in [-0.3, -0.25) is 0 Å². The zero-order valence-electron chi connectivity index (χ0n) is 6.22. The van der Waals surface area contributed by atoms with Crippen molar-refractivity contribution in [1.82, 2.24) is 5.32 Å². The molecule has 0 aromatic heterocycles. The molecule has 1 atom stereocenters. The summed E-state index contributed by atoms with van der Waals surface area (Å²) in [6.07, 6.45) is 8.54. The molecule has 10 heavy (non-hydrogen) atoms. The van der Waals surface area contributed by atoms with Crippen LogP contribution in [0.5, 0.6) is 0 Å². The Balaban J connectivity index is 0.000000810. The quantitative estimate of drug-likeness (QED) is 0.684. The van der Waals surface area contributed by atoms with Gasteiger partial charge in [0.25, 0.3) is 0 Å². The van der Waals surface area contributed by atoms with E-state index in [0.29, 0.717) is 5.92 Å². The van der Waals surface area contributed by atoms with Crippen LogP contribution >= 0.6 is 0 Å². The zero-order chi connectivity index (χ0) is 6.53. The average Bonchev–Trinajstić information content (AvgIpc) is 1.91. The molecule has 55 valence electrons. The third-order valence-electron chi connectivity index (χ3n) is 1.55. The van der Waals surface area contributed by atoms with E-state index in [1.54, 1.807) is 0 Å². The molecule has 1 unspecified atom stereocenters. The predicted octanol–water partition coefficient (Wildman–Crippen LogP) is 1.54. The van der Waals surface area contributed by atoms with Crippen LogP contribution in [0.3, 0.4) is 0 Å². The molecule has 1 nitrogen and oxygen atoms in total. The van der Waals surface area contributed by atoms with Gasteiger partial charge in [0.15, 0.2) is 0 Å². The van der Waals surface area contributed by atoms with E-state index in [0.717, 1.165) is 13.0 Å². The van der Waals surface area contributed by atoms with Crippen molar-refractivity contribution in [3.63, 3.8) is 0 Å². The van der Waals surface area contributed by atoms with Gasteiger partial charge in [0.05, 0.1) is 0 Å². The van der Waals surface area contributed by atoms with Crippen molar-refractivity contribution in [2.75, 3.05) is 6.54 Å². The zero-order valence-corrected chi connectivity index (χ0v) is 9.05. The topological polar surface area (TPSA) is 12.0 Å². The predicted molar refractivity (Wildman–Crippen MR) is 39.5 cm³/mol. The number of allylic oxidation sites excluding steroid dienone is 1. The molecule has 0 fully saturated rings. The Labute approximate surface area is 88.5 Å². The van der Waals surface area contributed by atoms with Gasteiger partial charge >= 0.3 is 0 Å². The maximum absolute atomic E-state index is 3.81. The van der Waals surface area contributed by atoms with E-state index in [9.17, 15) is 0 Å². The molecular formula is C8H13NY-2. The molecule has 0 spiro atoms. The van der Waals surface area contributed by atoms with Crippen molar-refractivity contribution in [2.45, 2.75) is 12.8 Å². The molecule has 2 heteroatoms. The van der Waals surface area contributed by atoms with Gasteiger partial charge in [-0.2, -0.15) is 12.6 Å². The van der Waals surface area contributed by atoms with Gasteiger partial charge in [0.1, 0.15) is 0 Å². The molecule has 1 heterocycles. The molecule has 1 rings (SSSR count). The molecule has 1 aliphatic heterocycles. The van der Waals surface area contributed by atoms with Crippen LogP contribution in [0.15, 0.2) is 12.3 Å². The summed E-state index contributed by atoms with van der Waals surface area (Å²) in [5.74, 6) is 0.715. The number of hydrogen-bond donors (Lipinski definition) is 1. The first-order valence-electron chi connectivity index (χ1n) is 3.46. The van der Waals surface area contributed by atoms with E-state index in [-0.39, 0.29) is 32.7 Å². The van der Waals surface area contributed by atoms with E-state index >= 15 is 0 Å². The SMILES string of the molecule is [CH2-]CCC1[CH-]C=CNC1.[Y]. The Morgan fingerprint density at radius 3 is 3.00 bits per heavy atom. The minimum Gasteiger partial charge on any atom is -0.469 e. The molecule has 0 saturated carbocycles. The average molecular weight is 212 g/mol. The summed E-state index contributed by atoms with van der Waals surface area (Å²) in [5, 5.41) is 3.18. The minimum absolute atomic E-state index is 0. The molecule has 1 N–H and O–H groups in total. The number of rotatable bonds is 2. The minimum atomic E-state index is 0. The molecule has 1 radical (unpaired) electrons. The second-order valence-electron chi connectivity index (χ2n) is 2.36. The van der Waals surface area contributed by atoms with Gasteiger partial charge in [-0.15, -0.1) is 0 Å². The van der Waals surface area contributed by atoms with Gasteiger partial charge in [-0.25, -0.2) is 12.5 Å². The largest absolute Gasteiger partial charge is 0.469 e. The fourth-order valence-electron chi connectivity index (χ4n) is 1.03. The van der Waals surface area contributed by atoms with Crippen molar-refractivity contribution < 1.29 is 32.7 Å². The van der Waals surface area contributed by atoms with E-state index in [4.69, 9.17) is 0 Å². The van der Waals surface area contributed by atoms with Crippen molar-refractivity contribution in [3.8, 4) is 0 Å². The summed E-state index contributed by atoms with van der Waals surface area (Å²) in [6, 6.07) is 0. The fourth-order valence-corrected chi connectivity index (χ4v) is 1.03. The van der Waals surface area contributed by atoms with E-state index in [1.807, 2.05) is 6.20 Å². The third kappa shape index (κ3) is 3.63. The van der Waals surface area contributed by atoms with Crippen LogP contribution < -0.4 is 5.32 Å². The van der Waals surface area contributed by atoms with Gasteiger partial charge in [-0.1, -0.05) is 12.3 Å². The second kappa shape index (κ2) is 6.24. The Bertz CT molecular complexity index is 101. The second-order valence-corrected chi connectivity index (χ2v) is 2.36. The van der Waals surface area contributed by atoms with Crippen LogP contribution in [0.1, 0.15) is 12.8 Å². The first-order valence-corrected chi connectivity index (χ1v) is 3.46. The summed E-state index contributed by atoms with van der Waals surface area (Å²) in [5.41, 5.74) is 0. The number of nitrogens with one attached hydrogen (secondary N) is 1. The van der Waals surface area contributed by atoms with E-state index in [1.165, 1.54) is 6.42 Å². The molecule has 0 aliphatic carbocycles. The van der Waals surface area contributed by atoms with Crippen LogP contribution in [0.2, 0.25) is 0 Å². The van der Waals surface area contributed by atoms with Crippen LogP contribution in [0.25, 0.3) is 0 Å². The molecule has 0 bridgehead atoms. The van der Waals surface area contributed by atoms with Crippen LogP contribution in [0, 0.1) is 19.3 Å². The first kappa shape index (κ1) is 10.5. The van der Waals surface area contributed by atoms with Crippen molar-refractivity contribution in [1.29, 1.82) is 0 Å². The summed E-state index contributed by atoms with van der Waals surface area (Å²) < 4.78 is 0. The Kier molecular flexibility index (Phi) is 6.56. The maximum atomic E-state index is 3.81. The third-order valence-corrected chi connectivity index (χ3v) is 1.55. The molecule has 0 saturated heterocycles. The van der Waals surface area contributed by atoms with Crippen LogP contribution in [0.4, 0.5) is 0 Å². The summed E-state index contributed by atoms with van der Waals surface area (Å²) in [4.78, 5) is 0. The van der Waals surface area contributed by atoms with E-state index < -0.39 is 0 Å². The Morgan fingerprint density at radius 2 is 2.50 bits per heavy atom. The normalized spacial score (nSPS) is 22.3. The first-order chi connectivity index (χ1) is 4.43. The van der Waals surface area contributed by atoms with Crippen molar-refractivity contribution in [3.05, 3.63) is 25.6 Å². The summed E-state index contributed by atoms with van der Waals surface area (Å²) in [7, 11) is 0. The van der Waals surface area contributed by atoms with Gasteiger partial charge in [-0.05, 0) is 6.54 Å². The van der Waals surface area contributed by atoms with Gasteiger partial charge in [0, 0.05) is 32.7 Å². The van der Waals surface area contributed by atoms with E-state index in [2.05, 4.69) is 24.7 Å². The summed E-state index contributed by atoms with van der Waals surface area (Å²) >= 11 is 0. The van der Waals surface area contributed by atoms with Crippen molar-refractivity contribution in [2.24, 2.45) is 5.92 Å². The van der Waals surface area contributed by atoms with Crippen LogP contribution in [-0.2, 0) is 32.7 Å². The Morgan fingerprint density at radius 1 is 1.70 bits per heavy atom. The summed E-state index contributed by atoms with van der Waals surface area (Å²) in [6.45, 7) is 4.90.